The third-order valence-corrected chi connectivity index (χ3v) is 12.1. The van der Waals surface area contributed by atoms with E-state index in [-0.39, 0.29) is 32.7 Å². The van der Waals surface area contributed by atoms with E-state index in [1.807, 2.05) is 21.1 Å². The predicted octanol–water partition coefficient (Wildman–Crippen LogP) is 17.6. The highest BCUT2D eigenvalue weighted by Crippen LogP contribution is 2.12. The maximum Gasteiger partial charge on any atom is 0.306 e. The molecule has 0 aromatic rings. The molecular weight excluding hydrogens is 1010 g/mol. The van der Waals surface area contributed by atoms with Crippen LogP contribution in [0.25, 0.3) is 0 Å². The van der Waals surface area contributed by atoms with E-state index >= 15 is 0 Å². The van der Waals surface area contributed by atoms with Crippen LogP contribution in [0.5, 0.6) is 0 Å². The average Bonchev–Trinajstić information content (AvgIpc) is 3.44. The highest BCUT2D eigenvalue weighted by Gasteiger charge is 2.22. The van der Waals surface area contributed by atoms with Crippen LogP contribution >= 0.6 is 0 Å². The smallest absolute Gasteiger partial charge is 0.306 e. The molecule has 0 saturated heterocycles. The molecule has 2 unspecified atom stereocenters. The number of carboxylic acids is 1. The number of esters is 2. The average molecular weight is 1120 g/mol. The summed E-state index contributed by atoms with van der Waals surface area (Å²) in [6.07, 6.45) is 89.4. The SMILES string of the molecule is CC/C=C\C/C=C\C/C=C\C/C=C\C/C=C\C/C=C\C/C=C\C/C=C\C/C=C\CCCCCC(=O)OC(COC(=O)CCCCCCCC/C=C\C/C=C\C/C=C\C/C=C\C/C=C\C/C=C\CC)COC(OCC[N+](C)(C)C)C(=O)[O-]. The van der Waals surface area contributed by atoms with Crippen molar-refractivity contribution in [2.24, 2.45) is 0 Å². The molecule has 0 aliphatic heterocycles. The number of carbonyl (C=O) groups excluding carboxylic acids is 3. The minimum absolute atomic E-state index is 0.126. The maximum atomic E-state index is 12.9. The molecular formula is C72H111NO8. The van der Waals surface area contributed by atoms with Gasteiger partial charge < -0.3 is 33.3 Å². The summed E-state index contributed by atoms with van der Waals surface area (Å²) in [5, 5.41) is 11.8. The van der Waals surface area contributed by atoms with E-state index in [0.717, 1.165) is 154 Å². The van der Waals surface area contributed by atoms with Crippen molar-refractivity contribution in [2.45, 2.75) is 206 Å². The first-order chi connectivity index (χ1) is 39.6. The van der Waals surface area contributed by atoms with Gasteiger partial charge in [0.15, 0.2) is 12.4 Å². The topological polar surface area (TPSA) is 111 Å². The number of allylic oxidation sites excluding steroid dienone is 30. The lowest BCUT2D eigenvalue weighted by molar-refractivity contribution is -0.870. The van der Waals surface area contributed by atoms with E-state index in [2.05, 4.69) is 196 Å². The second-order valence-corrected chi connectivity index (χ2v) is 20.9. The molecule has 9 heteroatoms. The Morgan fingerprint density at radius 1 is 0.370 bits per heavy atom. The molecule has 0 fully saturated rings. The van der Waals surface area contributed by atoms with Crippen LogP contribution in [0.4, 0.5) is 0 Å². The highest BCUT2D eigenvalue weighted by atomic mass is 16.7. The molecule has 0 radical (unpaired) electrons. The Balaban J connectivity index is 4.39. The zero-order valence-electron chi connectivity index (χ0n) is 51.3. The van der Waals surface area contributed by atoms with Crippen LogP contribution in [-0.2, 0) is 33.3 Å². The Morgan fingerprint density at radius 2 is 0.667 bits per heavy atom. The second kappa shape index (κ2) is 60.5. The molecule has 0 aliphatic carbocycles. The summed E-state index contributed by atoms with van der Waals surface area (Å²) in [5.41, 5.74) is 0. The van der Waals surface area contributed by atoms with Gasteiger partial charge in [-0.3, -0.25) is 9.59 Å². The van der Waals surface area contributed by atoms with Gasteiger partial charge in [0.2, 0.25) is 0 Å². The Morgan fingerprint density at radius 3 is 1.00 bits per heavy atom. The van der Waals surface area contributed by atoms with Crippen LogP contribution in [0.3, 0.4) is 0 Å². The molecule has 81 heavy (non-hydrogen) atoms. The van der Waals surface area contributed by atoms with Crippen molar-refractivity contribution < 1.29 is 42.9 Å². The molecule has 0 spiro atoms. The quantitative estimate of drug-likeness (QED) is 0.0195. The van der Waals surface area contributed by atoms with Gasteiger partial charge in [0.1, 0.15) is 13.2 Å². The van der Waals surface area contributed by atoms with Gasteiger partial charge in [0.25, 0.3) is 0 Å². The molecule has 0 heterocycles. The van der Waals surface area contributed by atoms with E-state index < -0.39 is 30.3 Å². The number of ether oxygens (including phenoxy) is 4. The number of nitrogens with zero attached hydrogens (tertiary/aromatic N) is 1. The summed E-state index contributed by atoms with van der Waals surface area (Å²) >= 11 is 0. The largest absolute Gasteiger partial charge is 0.545 e. The molecule has 2 atom stereocenters. The van der Waals surface area contributed by atoms with Crippen molar-refractivity contribution in [1.29, 1.82) is 0 Å². The molecule has 0 saturated carbocycles. The third kappa shape index (κ3) is 61.9. The van der Waals surface area contributed by atoms with Gasteiger partial charge in [-0.2, -0.15) is 0 Å². The number of aliphatic carboxylic acids is 1. The summed E-state index contributed by atoms with van der Waals surface area (Å²) in [6, 6.07) is 0. The number of hydrogen-bond acceptors (Lipinski definition) is 8. The van der Waals surface area contributed by atoms with E-state index in [9.17, 15) is 19.5 Å². The Hall–Kier alpha value is -5.61. The summed E-state index contributed by atoms with van der Waals surface area (Å²) in [7, 11) is 5.89. The molecule has 452 valence electrons. The van der Waals surface area contributed by atoms with E-state index in [1.54, 1.807) is 0 Å². The molecule has 0 N–H and O–H groups in total. The van der Waals surface area contributed by atoms with Crippen LogP contribution in [0.15, 0.2) is 182 Å². The Kier molecular flexibility index (Phi) is 56.3. The summed E-state index contributed by atoms with van der Waals surface area (Å²) in [5.74, 6) is -2.38. The van der Waals surface area contributed by atoms with Crippen LogP contribution in [0.2, 0.25) is 0 Å². The fourth-order valence-corrected chi connectivity index (χ4v) is 7.47. The summed E-state index contributed by atoms with van der Waals surface area (Å²) in [4.78, 5) is 37.4. The van der Waals surface area contributed by atoms with Gasteiger partial charge in [-0.15, -0.1) is 0 Å². The van der Waals surface area contributed by atoms with Crippen LogP contribution in [-0.4, -0.2) is 82.3 Å². The maximum absolute atomic E-state index is 12.9. The number of quaternary nitrogens is 1. The first-order valence-electron chi connectivity index (χ1n) is 30.9. The predicted molar refractivity (Wildman–Crippen MR) is 342 cm³/mol. The first kappa shape index (κ1) is 75.4. The van der Waals surface area contributed by atoms with Crippen molar-refractivity contribution in [1.82, 2.24) is 0 Å². The lowest BCUT2D eigenvalue weighted by Crippen LogP contribution is -2.44. The molecule has 0 aromatic heterocycles. The molecule has 0 bridgehead atoms. The third-order valence-electron chi connectivity index (χ3n) is 12.1. The van der Waals surface area contributed by atoms with Crippen molar-refractivity contribution in [3.05, 3.63) is 182 Å². The molecule has 0 rings (SSSR count). The summed E-state index contributed by atoms with van der Waals surface area (Å²) < 4.78 is 22.7. The monoisotopic (exact) mass is 1120 g/mol. The fourth-order valence-electron chi connectivity index (χ4n) is 7.47. The number of unbranched alkanes of at least 4 members (excludes halogenated alkanes) is 9. The highest BCUT2D eigenvalue weighted by molar-refractivity contribution is 5.70. The van der Waals surface area contributed by atoms with E-state index in [4.69, 9.17) is 18.9 Å². The number of carboxylic acid groups (broad SMARTS) is 1. The van der Waals surface area contributed by atoms with Crippen LogP contribution < -0.4 is 5.11 Å². The molecule has 0 amide bonds. The number of hydrogen-bond donors (Lipinski definition) is 0. The van der Waals surface area contributed by atoms with Crippen molar-refractivity contribution >= 4 is 17.9 Å². The first-order valence-corrected chi connectivity index (χ1v) is 30.9. The van der Waals surface area contributed by atoms with E-state index in [1.165, 1.54) is 0 Å². The molecule has 0 aliphatic rings. The standard InChI is InChI=1S/C72H111NO8/c1-6-8-10-12-14-16-18-20-22-24-26-28-30-32-33-34-35-36-37-39-41-43-45-47-49-51-53-55-57-59-61-63-70(75)81-68(67-80-72(71(76)77)78-65-64-73(3,4)5)66-79-69(74)62-60-58-56-54-52-50-48-46-44-42-40-38-31-29-27-25-23-21-19-17-15-13-11-9-7-2/h8-11,14-17,20-23,26-29,32-33,35-36,38-41,44-47,51,53,68,72H,6-7,12-13,18-19,24-25,30-31,34,37,42-43,48-50,52,54-67H2,1-5H3/b10-8-,11-9-,16-14-,17-15-,22-20-,23-21-,28-26-,29-27-,33-32-,36-35-,40-38-,41-39-,46-44-,47-45-,53-51-. The van der Waals surface area contributed by atoms with Gasteiger partial charge in [0, 0.05) is 12.8 Å². The second-order valence-electron chi connectivity index (χ2n) is 20.9. The number of rotatable bonds is 54. The van der Waals surface area contributed by atoms with Gasteiger partial charge in [0.05, 0.1) is 40.3 Å². The van der Waals surface area contributed by atoms with E-state index in [0.29, 0.717) is 23.9 Å². The van der Waals surface area contributed by atoms with Gasteiger partial charge in [-0.05, 0) is 135 Å². The van der Waals surface area contributed by atoms with Crippen LogP contribution in [0.1, 0.15) is 194 Å². The zero-order valence-corrected chi connectivity index (χ0v) is 51.3. The van der Waals surface area contributed by atoms with Crippen molar-refractivity contribution in [3.8, 4) is 0 Å². The fraction of sp³-hybridized carbons (Fsp3) is 0.542. The van der Waals surface area contributed by atoms with Crippen molar-refractivity contribution in [2.75, 3.05) is 47.5 Å². The lowest BCUT2D eigenvalue weighted by Gasteiger charge is -2.26. The summed E-state index contributed by atoms with van der Waals surface area (Å²) in [6.45, 7) is 4.42. The minimum atomic E-state index is -1.65. The molecule has 9 nitrogen and oxygen atoms in total. The number of likely N-dealkylation sites (N-methyl/N-ethyl adjacent to an activating group) is 1. The Labute approximate surface area is 494 Å². The van der Waals surface area contributed by atoms with Gasteiger partial charge in [-0.25, -0.2) is 0 Å². The lowest BCUT2D eigenvalue weighted by atomic mass is 10.1. The van der Waals surface area contributed by atoms with Crippen molar-refractivity contribution in [3.63, 3.8) is 0 Å². The minimum Gasteiger partial charge on any atom is -0.545 e. The normalized spacial score (nSPS) is 14.0. The Bertz CT molecular complexity index is 1980. The van der Waals surface area contributed by atoms with Gasteiger partial charge >= 0.3 is 11.9 Å². The van der Waals surface area contributed by atoms with Gasteiger partial charge in [-0.1, -0.05) is 228 Å². The zero-order chi connectivity index (χ0) is 59.1. The van der Waals surface area contributed by atoms with Crippen LogP contribution in [0, 0.1) is 0 Å². The number of carbonyl (C=O) groups is 3. The molecule has 0 aromatic carbocycles.